The van der Waals surface area contributed by atoms with E-state index in [4.69, 9.17) is 0 Å². The van der Waals surface area contributed by atoms with Crippen LogP contribution in [-0.2, 0) is 6.54 Å². The van der Waals surface area contributed by atoms with Crippen molar-refractivity contribution < 1.29 is 0 Å². The van der Waals surface area contributed by atoms with E-state index in [1.807, 2.05) is 4.68 Å². The third kappa shape index (κ3) is 1.72. The van der Waals surface area contributed by atoms with Gasteiger partial charge < -0.3 is 10.2 Å². The van der Waals surface area contributed by atoms with E-state index in [-0.39, 0.29) is 0 Å². The van der Waals surface area contributed by atoms with Crippen molar-refractivity contribution in [2.24, 2.45) is 0 Å². The molecule has 0 aromatic carbocycles. The molecule has 1 unspecified atom stereocenters. The Morgan fingerprint density at radius 1 is 1.64 bits per heavy atom. The zero-order chi connectivity index (χ0) is 9.97. The third-order valence-corrected chi connectivity index (χ3v) is 2.55. The van der Waals surface area contributed by atoms with Gasteiger partial charge in [-0.25, -0.2) is 4.68 Å². The molecule has 0 saturated carbocycles. The molecule has 0 aliphatic carbocycles. The minimum absolute atomic E-state index is 0.533. The van der Waals surface area contributed by atoms with Crippen molar-refractivity contribution in [3.8, 4) is 0 Å². The van der Waals surface area contributed by atoms with Crippen molar-refractivity contribution in [3.63, 3.8) is 0 Å². The van der Waals surface area contributed by atoms with Gasteiger partial charge >= 0.3 is 0 Å². The van der Waals surface area contributed by atoms with E-state index in [0.717, 1.165) is 32.1 Å². The highest BCUT2D eigenvalue weighted by molar-refractivity contribution is 5.30. The summed E-state index contributed by atoms with van der Waals surface area (Å²) in [7, 11) is 0. The highest BCUT2D eigenvalue weighted by Gasteiger charge is 2.19. The molecule has 14 heavy (non-hydrogen) atoms. The lowest BCUT2D eigenvalue weighted by molar-refractivity contribution is 0.471. The van der Waals surface area contributed by atoms with Crippen LogP contribution in [0.3, 0.4) is 0 Å². The summed E-state index contributed by atoms with van der Waals surface area (Å²) >= 11 is 0. The Morgan fingerprint density at radius 2 is 2.50 bits per heavy atom. The molecule has 1 aromatic rings. The Balaban J connectivity index is 2.13. The summed E-state index contributed by atoms with van der Waals surface area (Å²) in [4.78, 5) is 6.58. The highest BCUT2D eigenvalue weighted by Crippen LogP contribution is 2.11. The molecular weight excluding hydrogens is 178 g/mol. The molecule has 0 bridgehead atoms. The first-order valence-corrected chi connectivity index (χ1v) is 5.17. The first-order chi connectivity index (χ1) is 6.81. The van der Waals surface area contributed by atoms with Crippen molar-refractivity contribution in [3.05, 3.63) is 6.33 Å². The van der Waals surface area contributed by atoms with Crippen molar-refractivity contribution in [2.45, 2.75) is 26.4 Å². The van der Waals surface area contributed by atoms with Crippen LogP contribution >= 0.6 is 0 Å². The van der Waals surface area contributed by atoms with Crippen LogP contribution in [0.15, 0.2) is 6.33 Å². The van der Waals surface area contributed by atoms with Gasteiger partial charge in [0.2, 0.25) is 5.95 Å². The number of piperazine rings is 1. The van der Waals surface area contributed by atoms with E-state index in [2.05, 4.69) is 34.1 Å². The van der Waals surface area contributed by atoms with E-state index in [0.29, 0.717) is 6.04 Å². The molecule has 1 atom stereocenters. The Labute approximate surface area is 84.1 Å². The predicted molar refractivity (Wildman–Crippen MR) is 55.4 cm³/mol. The smallest absolute Gasteiger partial charge is 0.223 e. The first kappa shape index (κ1) is 9.45. The van der Waals surface area contributed by atoms with E-state index >= 15 is 0 Å². The molecule has 1 saturated heterocycles. The summed E-state index contributed by atoms with van der Waals surface area (Å²) in [5.74, 6) is 1.00. The molecule has 78 valence electrons. The molecule has 0 radical (unpaired) electrons. The molecule has 0 amide bonds. The molecule has 2 rings (SSSR count). The summed E-state index contributed by atoms with van der Waals surface area (Å²) in [6, 6.07) is 0.533. The number of rotatable bonds is 2. The van der Waals surface area contributed by atoms with Gasteiger partial charge in [-0.3, -0.25) is 0 Å². The lowest BCUT2D eigenvalue weighted by Gasteiger charge is -2.32. The maximum absolute atomic E-state index is 4.30. The molecule has 2 heterocycles. The molecular formula is C9H17N5. The largest absolute Gasteiger partial charge is 0.338 e. The van der Waals surface area contributed by atoms with Crippen LogP contribution in [0.5, 0.6) is 0 Å². The molecule has 5 nitrogen and oxygen atoms in total. The van der Waals surface area contributed by atoms with Crippen LogP contribution < -0.4 is 10.2 Å². The molecule has 0 spiro atoms. The summed E-state index contributed by atoms with van der Waals surface area (Å²) in [6.45, 7) is 8.22. The minimum atomic E-state index is 0.533. The minimum Gasteiger partial charge on any atom is -0.338 e. The van der Waals surface area contributed by atoms with Gasteiger partial charge in [0.25, 0.3) is 0 Å². The van der Waals surface area contributed by atoms with Gasteiger partial charge in [-0.1, -0.05) is 0 Å². The fourth-order valence-electron chi connectivity index (χ4n) is 1.84. The molecule has 1 fully saturated rings. The number of nitrogens with one attached hydrogen (secondary N) is 1. The van der Waals surface area contributed by atoms with E-state index < -0.39 is 0 Å². The number of anilines is 1. The number of aryl methyl sites for hydroxylation is 1. The molecule has 1 aliphatic heterocycles. The monoisotopic (exact) mass is 195 g/mol. The molecule has 1 aliphatic rings. The van der Waals surface area contributed by atoms with Gasteiger partial charge in [0.05, 0.1) is 0 Å². The number of hydrogen-bond acceptors (Lipinski definition) is 4. The van der Waals surface area contributed by atoms with Crippen LogP contribution in [0.2, 0.25) is 0 Å². The SMILES string of the molecule is CCn1ncnc1N1CCNC(C)C1. The van der Waals surface area contributed by atoms with Crippen molar-refractivity contribution in [1.82, 2.24) is 20.1 Å². The normalized spacial score (nSPS) is 22.7. The number of nitrogens with zero attached hydrogens (tertiary/aromatic N) is 4. The van der Waals surface area contributed by atoms with Crippen molar-refractivity contribution in [1.29, 1.82) is 0 Å². The Bertz CT molecular complexity index is 295. The van der Waals surface area contributed by atoms with Crippen LogP contribution in [-0.4, -0.2) is 40.4 Å². The van der Waals surface area contributed by atoms with Gasteiger partial charge in [0.15, 0.2) is 0 Å². The Morgan fingerprint density at radius 3 is 3.21 bits per heavy atom. The van der Waals surface area contributed by atoms with Gasteiger partial charge in [-0.15, -0.1) is 0 Å². The summed E-state index contributed by atoms with van der Waals surface area (Å²) in [5, 5.41) is 7.59. The maximum atomic E-state index is 4.30. The van der Waals surface area contributed by atoms with Gasteiger partial charge in [-0.2, -0.15) is 10.1 Å². The average molecular weight is 195 g/mol. The lowest BCUT2D eigenvalue weighted by atomic mass is 10.2. The standard InChI is InChI=1S/C9H17N5/c1-3-14-9(11-7-12-14)13-5-4-10-8(2)6-13/h7-8,10H,3-6H2,1-2H3. The van der Waals surface area contributed by atoms with E-state index in [1.54, 1.807) is 6.33 Å². The average Bonchev–Trinajstić information content (AvgIpc) is 2.65. The van der Waals surface area contributed by atoms with Gasteiger partial charge in [0.1, 0.15) is 6.33 Å². The second-order valence-corrected chi connectivity index (χ2v) is 3.68. The highest BCUT2D eigenvalue weighted by atomic mass is 15.4. The van der Waals surface area contributed by atoms with E-state index in [9.17, 15) is 0 Å². The first-order valence-electron chi connectivity index (χ1n) is 5.17. The van der Waals surface area contributed by atoms with Crippen LogP contribution in [0.1, 0.15) is 13.8 Å². The second kappa shape index (κ2) is 3.96. The summed E-state index contributed by atoms with van der Waals surface area (Å²) < 4.78 is 1.94. The van der Waals surface area contributed by atoms with Gasteiger partial charge in [-0.05, 0) is 13.8 Å². The topological polar surface area (TPSA) is 46.0 Å². The summed E-state index contributed by atoms with van der Waals surface area (Å²) in [6.07, 6.45) is 1.63. The quantitative estimate of drug-likeness (QED) is 0.727. The number of hydrogen-bond donors (Lipinski definition) is 1. The zero-order valence-electron chi connectivity index (χ0n) is 8.77. The number of aromatic nitrogens is 3. The fraction of sp³-hybridized carbons (Fsp3) is 0.778. The van der Waals surface area contributed by atoms with Crippen molar-refractivity contribution in [2.75, 3.05) is 24.5 Å². The maximum Gasteiger partial charge on any atom is 0.223 e. The third-order valence-electron chi connectivity index (χ3n) is 2.55. The predicted octanol–water partition coefficient (Wildman–Crippen LogP) is 0.0961. The molecule has 1 aromatic heterocycles. The lowest BCUT2D eigenvalue weighted by Crippen LogP contribution is -2.50. The van der Waals surface area contributed by atoms with Crippen molar-refractivity contribution >= 4 is 5.95 Å². The second-order valence-electron chi connectivity index (χ2n) is 3.68. The van der Waals surface area contributed by atoms with E-state index in [1.165, 1.54) is 0 Å². The molecule has 1 N–H and O–H groups in total. The van der Waals surface area contributed by atoms with Crippen LogP contribution in [0.25, 0.3) is 0 Å². The van der Waals surface area contributed by atoms with Crippen LogP contribution in [0.4, 0.5) is 5.95 Å². The zero-order valence-corrected chi connectivity index (χ0v) is 8.77. The Kier molecular flexibility index (Phi) is 2.67. The molecule has 5 heteroatoms. The Hall–Kier alpha value is -1.10. The summed E-state index contributed by atoms with van der Waals surface area (Å²) in [5.41, 5.74) is 0. The van der Waals surface area contributed by atoms with Gasteiger partial charge in [0, 0.05) is 32.2 Å². The fourth-order valence-corrected chi connectivity index (χ4v) is 1.84. The van der Waals surface area contributed by atoms with Crippen LogP contribution in [0, 0.1) is 0 Å².